The number of aromatic nitrogens is 1. The molecule has 5 heteroatoms. The molecule has 0 radical (unpaired) electrons. The van der Waals surface area contributed by atoms with Crippen LogP contribution in [0.25, 0.3) is 11.3 Å². The Morgan fingerprint density at radius 3 is 2.53 bits per heavy atom. The number of ether oxygens (including phenoxy) is 1. The fourth-order valence-corrected chi connectivity index (χ4v) is 4.31. The maximum atomic E-state index is 5.44. The number of benzene rings is 1. The number of nitrogens with zero attached hydrogens (tertiary/aromatic N) is 3. The molecule has 2 aromatic rings. The van der Waals surface area contributed by atoms with Crippen LogP contribution in [-0.2, 0) is 11.8 Å². The number of allylic oxidation sites excluding steroid dienone is 6. The van der Waals surface area contributed by atoms with E-state index in [1.165, 1.54) is 16.9 Å². The van der Waals surface area contributed by atoms with E-state index < -0.39 is 0 Å². The summed E-state index contributed by atoms with van der Waals surface area (Å²) in [5, 5.41) is 2.18. The fourth-order valence-electron chi connectivity index (χ4n) is 3.37. The van der Waals surface area contributed by atoms with Crippen molar-refractivity contribution in [3.05, 3.63) is 82.7 Å². The Labute approximate surface area is 183 Å². The largest absolute Gasteiger partial charge is 0.378 e. The Morgan fingerprint density at radius 1 is 1.10 bits per heavy atom. The van der Waals surface area contributed by atoms with Crippen molar-refractivity contribution < 1.29 is 4.74 Å². The van der Waals surface area contributed by atoms with Gasteiger partial charge in [-0.25, -0.2) is 4.99 Å². The first-order valence-corrected chi connectivity index (χ1v) is 11.4. The van der Waals surface area contributed by atoms with E-state index in [0.29, 0.717) is 0 Å². The van der Waals surface area contributed by atoms with Crippen LogP contribution in [-0.4, -0.2) is 30.9 Å². The summed E-state index contributed by atoms with van der Waals surface area (Å²) in [6, 6.07) is 8.80. The van der Waals surface area contributed by atoms with Crippen molar-refractivity contribution in [3.63, 3.8) is 0 Å². The molecule has 0 spiro atoms. The van der Waals surface area contributed by atoms with E-state index in [-0.39, 0.29) is 0 Å². The van der Waals surface area contributed by atoms with Crippen LogP contribution in [0.1, 0.15) is 20.3 Å². The zero-order valence-corrected chi connectivity index (χ0v) is 19.0. The van der Waals surface area contributed by atoms with Gasteiger partial charge in [-0.3, -0.25) is 0 Å². The van der Waals surface area contributed by atoms with Gasteiger partial charge in [-0.2, -0.15) is 0 Å². The van der Waals surface area contributed by atoms with Crippen LogP contribution in [0, 0.1) is 0 Å². The molecule has 0 saturated carbocycles. The molecule has 30 heavy (non-hydrogen) atoms. The van der Waals surface area contributed by atoms with Crippen molar-refractivity contribution >= 4 is 17.0 Å². The molecule has 2 heterocycles. The van der Waals surface area contributed by atoms with Crippen LogP contribution in [0.3, 0.4) is 0 Å². The second-order valence-corrected chi connectivity index (χ2v) is 7.69. The molecule has 0 atom stereocenters. The molecule has 0 N–H and O–H groups in total. The van der Waals surface area contributed by atoms with Crippen molar-refractivity contribution in [2.24, 2.45) is 12.0 Å². The predicted octanol–water partition coefficient (Wildman–Crippen LogP) is 5.47. The second-order valence-electron chi connectivity index (χ2n) is 6.86. The minimum absolute atomic E-state index is 0.806. The molecule has 1 aromatic carbocycles. The van der Waals surface area contributed by atoms with Crippen molar-refractivity contribution in [1.82, 2.24) is 4.57 Å². The fraction of sp³-hybridized carbons (Fsp3) is 0.320. The number of morpholine rings is 1. The number of hydrogen-bond donors (Lipinski definition) is 0. The normalized spacial score (nSPS) is 16.9. The van der Waals surface area contributed by atoms with Crippen LogP contribution in [0.5, 0.6) is 0 Å². The standard InChI is InChI=1S/C23H25N3OS.C2H6/c1-3-18-5-4-6-20(10-7-18)24-23-25(2)22(17-28-23)19-8-11-21(12-9-19)26-13-15-27-16-14-26;1-2/h3-5,7-12,17H,1,6,13-16H2,2H3;1-2H3. The molecule has 158 valence electrons. The third-order valence-electron chi connectivity index (χ3n) is 5.04. The van der Waals surface area contributed by atoms with E-state index in [1.807, 2.05) is 19.9 Å². The molecule has 1 aromatic heterocycles. The van der Waals surface area contributed by atoms with E-state index in [2.05, 4.69) is 77.0 Å². The summed E-state index contributed by atoms with van der Waals surface area (Å²) in [7, 11) is 2.08. The van der Waals surface area contributed by atoms with Crippen LogP contribution in [0.15, 0.2) is 82.9 Å². The zero-order valence-electron chi connectivity index (χ0n) is 18.2. The molecule has 1 fully saturated rings. The minimum atomic E-state index is 0.806. The van der Waals surface area contributed by atoms with Crippen molar-refractivity contribution in [3.8, 4) is 11.3 Å². The molecule has 0 amide bonds. The molecule has 0 unspecified atom stereocenters. The Balaban J connectivity index is 0.00000124. The molecule has 1 aliphatic carbocycles. The van der Waals surface area contributed by atoms with E-state index in [1.54, 1.807) is 11.3 Å². The van der Waals surface area contributed by atoms with Gasteiger partial charge in [0.25, 0.3) is 0 Å². The van der Waals surface area contributed by atoms with Gasteiger partial charge < -0.3 is 14.2 Å². The molecular formula is C25H31N3OS. The third-order valence-corrected chi connectivity index (χ3v) is 5.96. The van der Waals surface area contributed by atoms with Gasteiger partial charge in [0.1, 0.15) is 0 Å². The lowest BCUT2D eigenvalue weighted by molar-refractivity contribution is 0.122. The van der Waals surface area contributed by atoms with Crippen LogP contribution in [0.2, 0.25) is 0 Å². The quantitative estimate of drug-likeness (QED) is 0.655. The summed E-state index contributed by atoms with van der Waals surface area (Å²) in [5.74, 6) is 0. The second kappa shape index (κ2) is 11.0. The molecule has 1 aliphatic heterocycles. The monoisotopic (exact) mass is 421 g/mol. The van der Waals surface area contributed by atoms with E-state index in [4.69, 9.17) is 9.73 Å². The first-order chi connectivity index (χ1) is 14.7. The molecule has 2 aliphatic rings. The topological polar surface area (TPSA) is 29.8 Å². The predicted molar refractivity (Wildman–Crippen MR) is 129 cm³/mol. The van der Waals surface area contributed by atoms with Gasteiger partial charge in [0.2, 0.25) is 0 Å². The first kappa shape index (κ1) is 22.1. The van der Waals surface area contributed by atoms with Gasteiger partial charge in [-0.05, 0) is 29.3 Å². The summed E-state index contributed by atoms with van der Waals surface area (Å²) >= 11 is 1.67. The molecule has 1 saturated heterocycles. The van der Waals surface area contributed by atoms with Gasteiger partial charge in [0.05, 0.1) is 18.9 Å². The maximum absolute atomic E-state index is 5.44. The third kappa shape index (κ3) is 5.29. The van der Waals surface area contributed by atoms with Crippen molar-refractivity contribution in [2.45, 2.75) is 20.3 Å². The number of thiazole rings is 1. The number of rotatable bonds is 4. The lowest BCUT2D eigenvalue weighted by Crippen LogP contribution is -2.36. The average molecular weight is 422 g/mol. The molecular weight excluding hydrogens is 390 g/mol. The van der Waals surface area contributed by atoms with Gasteiger partial charge in [-0.1, -0.05) is 56.9 Å². The van der Waals surface area contributed by atoms with Gasteiger partial charge >= 0.3 is 0 Å². The Bertz CT molecular complexity index is 1000. The summed E-state index contributed by atoms with van der Waals surface area (Å²) in [5.41, 5.74) is 5.82. The summed E-state index contributed by atoms with van der Waals surface area (Å²) in [6.07, 6.45) is 11.0. The first-order valence-electron chi connectivity index (χ1n) is 10.6. The summed E-state index contributed by atoms with van der Waals surface area (Å²) in [6.45, 7) is 11.4. The van der Waals surface area contributed by atoms with Crippen LogP contribution < -0.4 is 9.70 Å². The molecule has 0 bridgehead atoms. The minimum Gasteiger partial charge on any atom is -0.378 e. The highest BCUT2D eigenvalue weighted by Crippen LogP contribution is 2.24. The van der Waals surface area contributed by atoms with E-state index in [0.717, 1.165) is 48.8 Å². The van der Waals surface area contributed by atoms with E-state index >= 15 is 0 Å². The van der Waals surface area contributed by atoms with Crippen LogP contribution >= 0.6 is 11.3 Å². The zero-order chi connectivity index (χ0) is 21.3. The Morgan fingerprint density at radius 2 is 1.83 bits per heavy atom. The van der Waals surface area contributed by atoms with Gasteiger partial charge in [0.15, 0.2) is 4.80 Å². The smallest absolute Gasteiger partial charge is 0.189 e. The Kier molecular flexibility index (Phi) is 8.05. The summed E-state index contributed by atoms with van der Waals surface area (Å²) < 4.78 is 7.61. The van der Waals surface area contributed by atoms with Crippen molar-refractivity contribution in [1.29, 1.82) is 0 Å². The van der Waals surface area contributed by atoms with Gasteiger partial charge in [-0.15, -0.1) is 11.3 Å². The number of hydrogen-bond acceptors (Lipinski definition) is 4. The number of anilines is 1. The Hall–Kier alpha value is -2.63. The van der Waals surface area contributed by atoms with Gasteiger partial charge in [0, 0.05) is 43.3 Å². The summed E-state index contributed by atoms with van der Waals surface area (Å²) in [4.78, 5) is 8.25. The highest BCUT2D eigenvalue weighted by atomic mass is 32.1. The SMILES string of the molecule is C=CC1=CC=C(N=c2scc(-c3ccc(N4CCOCC4)cc3)n2C)CC=C1.CC. The highest BCUT2D eigenvalue weighted by molar-refractivity contribution is 7.07. The van der Waals surface area contributed by atoms with Crippen molar-refractivity contribution in [2.75, 3.05) is 31.2 Å². The van der Waals surface area contributed by atoms with E-state index in [9.17, 15) is 0 Å². The lowest BCUT2D eigenvalue weighted by Gasteiger charge is -2.28. The highest BCUT2D eigenvalue weighted by Gasteiger charge is 2.12. The lowest BCUT2D eigenvalue weighted by atomic mass is 10.1. The molecule has 4 rings (SSSR count). The van der Waals surface area contributed by atoms with Crippen LogP contribution in [0.4, 0.5) is 5.69 Å². The molecule has 4 nitrogen and oxygen atoms in total. The maximum Gasteiger partial charge on any atom is 0.189 e. The average Bonchev–Trinajstić information content (AvgIpc) is 3.02.